The van der Waals surface area contributed by atoms with E-state index in [1.54, 1.807) is 32.0 Å². The monoisotopic (exact) mass is 254 g/mol. The molecule has 5 nitrogen and oxygen atoms in total. The molecule has 18 heavy (non-hydrogen) atoms. The first-order valence-electron chi connectivity index (χ1n) is 5.74. The van der Waals surface area contributed by atoms with Gasteiger partial charge >= 0.3 is 5.97 Å². The minimum atomic E-state index is -1.61. The molecule has 0 bridgehead atoms. The van der Waals surface area contributed by atoms with E-state index in [-0.39, 0.29) is 13.2 Å². The molecule has 5 heteroatoms. The van der Waals surface area contributed by atoms with Crippen LogP contribution in [0.1, 0.15) is 29.7 Å². The largest absolute Gasteiger partial charge is 0.464 e. The maximum absolute atomic E-state index is 11.3. The van der Waals surface area contributed by atoms with Crippen LogP contribution in [-0.2, 0) is 16.1 Å². The molecule has 2 atom stereocenters. The van der Waals surface area contributed by atoms with Crippen LogP contribution in [-0.4, -0.2) is 34.0 Å². The van der Waals surface area contributed by atoms with Crippen molar-refractivity contribution >= 4 is 5.97 Å². The van der Waals surface area contributed by atoms with Gasteiger partial charge in [-0.15, -0.1) is 0 Å². The molecule has 2 unspecified atom stereocenters. The fraction of sp³-hybridized carbons (Fsp3) is 0.462. The quantitative estimate of drug-likeness (QED) is 0.664. The fourth-order valence-corrected chi connectivity index (χ4v) is 1.62. The molecular formula is C13H18O5. The molecule has 1 aromatic rings. The molecule has 0 aromatic heterocycles. The van der Waals surface area contributed by atoms with Crippen molar-refractivity contribution < 1.29 is 24.9 Å². The number of aliphatic hydroxyl groups excluding tert-OH is 3. The lowest BCUT2D eigenvalue weighted by Crippen LogP contribution is -2.29. The Balaban J connectivity index is 2.86. The second-order valence-corrected chi connectivity index (χ2v) is 3.99. The van der Waals surface area contributed by atoms with Gasteiger partial charge in [-0.05, 0) is 30.5 Å². The van der Waals surface area contributed by atoms with Crippen LogP contribution in [0.5, 0.6) is 0 Å². The molecule has 0 aliphatic heterocycles. The van der Waals surface area contributed by atoms with E-state index in [0.29, 0.717) is 5.56 Å². The molecule has 100 valence electrons. The van der Waals surface area contributed by atoms with Crippen molar-refractivity contribution in [2.75, 3.05) is 6.61 Å². The Morgan fingerprint density at radius 3 is 2.56 bits per heavy atom. The predicted octanol–water partition coefficient (Wildman–Crippen LogP) is 0.445. The molecule has 0 saturated carbocycles. The van der Waals surface area contributed by atoms with Gasteiger partial charge < -0.3 is 20.1 Å². The van der Waals surface area contributed by atoms with Crippen LogP contribution in [0.3, 0.4) is 0 Å². The van der Waals surface area contributed by atoms with Crippen LogP contribution in [0.15, 0.2) is 18.2 Å². The Hall–Kier alpha value is -1.43. The van der Waals surface area contributed by atoms with Crippen LogP contribution < -0.4 is 0 Å². The number of aryl methyl sites for hydroxylation is 1. The van der Waals surface area contributed by atoms with E-state index in [1.165, 1.54) is 0 Å². The highest BCUT2D eigenvalue weighted by Gasteiger charge is 2.27. The van der Waals surface area contributed by atoms with Gasteiger partial charge in [0.25, 0.3) is 0 Å². The Morgan fingerprint density at radius 1 is 1.39 bits per heavy atom. The van der Waals surface area contributed by atoms with Crippen LogP contribution in [0.2, 0.25) is 0 Å². The summed E-state index contributed by atoms with van der Waals surface area (Å²) in [5, 5.41) is 28.5. The van der Waals surface area contributed by atoms with Crippen molar-refractivity contribution in [2.24, 2.45) is 0 Å². The van der Waals surface area contributed by atoms with Gasteiger partial charge in [0, 0.05) is 0 Å². The van der Waals surface area contributed by atoms with Crippen LogP contribution in [0.25, 0.3) is 0 Å². The minimum Gasteiger partial charge on any atom is -0.464 e. The first-order valence-corrected chi connectivity index (χ1v) is 5.74. The second-order valence-electron chi connectivity index (χ2n) is 3.99. The smallest absolute Gasteiger partial charge is 0.338 e. The number of carbonyl (C=O) groups excluding carboxylic acids is 1. The Morgan fingerprint density at radius 2 is 2.06 bits per heavy atom. The Kier molecular flexibility index (Phi) is 5.27. The molecule has 1 aromatic carbocycles. The highest BCUT2D eigenvalue weighted by molar-refractivity contribution is 5.75. The number of ether oxygens (including phenoxy) is 1. The molecule has 0 saturated heterocycles. The summed E-state index contributed by atoms with van der Waals surface area (Å²) in [5.74, 6) is -0.853. The highest BCUT2D eigenvalue weighted by Crippen LogP contribution is 2.21. The van der Waals surface area contributed by atoms with Crippen LogP contribution in [0, 0.1) is 6.92 Å². The first kappa shape index (κ1) is 14.6. The molecule has 0 aliphatic carbocycles. The van der Waals surface area contributed by atoms with Gasteiger partial charge in [0.15, 0.2) is 6.10 Å². The lowest BCUT2D eigenvalue weighted by Gasteiger charge is -2.17. The molecule has 0 spiro atoms. The number of hydrogen-bond acceptors (Lipinski definition) is 5. The summed E-state index contributed by atoms with van der Waals surface area (Å²) in [6.07, 6.45) is -2.94. The molecular weight excluding hydrogens is 236 g/mol. The van der Waals surface area contributed by atoms with E-state index in [4.69, 9.17) is 5.11 Å². The number of benzene rings is 1. The second kappa shape index (κ2) is 6.49. The highest BCUT2D eigenvalue weighted by atomic mass is 16.5. The third kappa shape index (κ3) is 3.29. The van der Waals surface area contributed by atoms with E-state index in [1.807, 2.05) is 0 Å². The molecule has 0 aliphatic rings. The van der Waals surface area contributed by atoms with Gasteiger partial charge in [-0.2, -0.15) is 0 Å². The Labute approximate surface area is 106 Å². The van der Waals surface area contributed by atoms with E-state index in [0.717, 1.165) is 11.1 Å². The van der Waals surface area contributed by atoms with Crippen molar-refractivity contribution in [1.82, 2.24) is 0 Å². The minimum absolute atomic E-state index is 0.0946. The molecule has 0 heterocycles. The molecule has 0 fully saturated rings. The zero-order valence-corrected chi connectivity index (χ0v) is 10.5. The standard InChI is InChI=1S/C13H18O5/c1-3-18-13(17)12(16)11(15)9-4-5-10(7-14)8(2)6-9/h4-6,11-12,14-16H,3,7H2,1-2H3. The number of aliphatic hydroxyl groups is 3. The predicted molar refractivity (Wildman–Crippen MR) is 64.7 cm³/mol. The molecule has 1 rings (SSSR count). The molecule has 0 radical (unpaired) electrons. The summed E-state index contributed by atoms with van der Waals surface area (Å²) in [4.78, 5) is 11.3. The first-order chi connectivity index (χ1) is 8.51. The summed E-state index contributed by atoms with van der Waals surface area (Å²) >= 11 is 0. The van der Waals surface area contributed by atoms with Crippen molar-refractivity contribution in [3.05, 3.63) is 34.9 Å². The summed E-state index contributed by atoms with van der Waals surface area (Å²) < 4.78 is 4.63. The lowest BCUT2D eigenvalue weighted by molar-refractivity contribution is -0.159. The number of hydrogen-bond donors (Lipinski definition) is 3. The van der Waals surface area contributed by atoms with E-state index in [2.05, 4.69) is 4.74 Å². The average molecular weight is 254 g/mol. The van der Waals surface area contributed by atoms with Gasteiger partial charge in [-0.1, -0.05) is 18.2 Å². The summed E-state index contributed by atoms with van der Waals surface area (Å²) in [7, 11) is 0. The summed E-state index contributed by atoms with van der Waals surface area (Å²) in [6, 6.07) is 4.83. The number of esters is 1. The molecule has 0 amide bonds. The zero-order valence-electron chi connectivity index (χ0n) is 10.5. The summed E-state index contributed by atoms with van der Waals surface area (Å²) in [6.45, 7) is 3.45. The Bertz CT molecular complexity index is 416. The SMILES string of the molecule is CCOC(=O)C(O)C(O)c1ccc(CO)c(C)c1. The lowest BCUT2D eigenvalue weighted by atomic mass is 9.99. The maximum Gasteiger partial charge on any atom is 0.338 e. The number of rotatable bonds is 5. The van der Waals surface area contributed by atoms with Gasteiger partial charge in [-0.25, -0.2) is 4.79 Å². The van der Waals surface area contributed by atoms with Gasteiger partial charge in [0.05, 0.1) is 13.2 Å². The molecule has 3 N–H and O–H groups in total. The van der Waals surface area contributed by atoms with Crippen LogP contribution in [0.4, 0.5) is 0 Å². The van der Waals surface area contributed by atoms with E-state index >= 15 is 0 Å². The van der Waals surface area contributed by atoms with Crippen molar-refractivity contribution in [2.45, 2.75) is 32.7 Å². The summed E-state index contributed by atoms with van der Waals surface area (Å²) in [5.41, 5.74) is 1.92. The van der Waals surface area contributed by atoms with Gasteiger partial charge in [-0.3, -0.25) is 0 Å². The van der Waals surface area contributed by atoms with Crippen molar-refractivity contribution in [1.29, 1.82) is 0 Å². The van der Waals surface area contributed by atoms with Gasteiger partial charge in [0.2, 0.25) is 0 Å². The normalized spacial score (nSPS) is 14.1. The maximum atomic E-state index is 11.3. The fourth-order valence-electron chi connectivity index (χ4n) is 1.62. The third-order valence-corrected chi connectivity index (χ3v) is 2.71. The average Bonchev–Trinajstić information content (AvgIpc) is 2.37. The third-order valence-electron chi connectivity index (χ3n) is 2.71. The number of carbonyl (C=O) groups is 1. The van der Waals surface area contributed by atoms with Crippen LogP contribution >= 0.6 is 0 Å². The van der Waals surface area contributed by atoms with Gasteiger partial charge in [0.1, 0.15) is 6.10 Å². The van der Waals surface area contributed by atoms with E-state index < -0.39 is 18.2 Å². The topological polar surface area (TPSA) is 87.0 Å². The van der Waals surface area contributed by atoms with Crippen molar-refractivity contribution in [3.63, 3.8) is 0 Å². The zero-order chi connectivity index (χ0) is 13.7. The van der Waals surface area contributed by atoms with Crippen molar-refractivity contribution in [3.8, 4) is 0 Å². The van der Waals surface area contributed by atoms with E-state index in [9.17, 15) is 15.0 Å².